The normalized spacial score (nSPS) is 11.6. The molecule has 0 spiro atoms. The first-order valence-corrected chi connectivity index (χ1v) is 7.00. The van der Waals surface area contributed by atoms with Gasteiger partial charge in [0.2, 0.25) is 0 Å². The van der Waals surface area contributed by atoms with E-state index in [-0.39, 0.29) is 18.5 Å². The van der Waals surface area contributed by atoms with Crippen molar-refractivity contribution in [2.24, 2.45) is 0 Å². The van der Waals surface area contributed by atoms with Crippen molar-refractivity contribution < 1.29 is 14.3 Å². The zero-order valence-electron chi connectivity index (χ0n) is 11.8. The van der Waals surface area contributed by atoms with Crippen molar-refractivity contribution >= 4 is 12.3 Å². The summed E-state index contributed by atoms with van der Waals surface area (Å²) in [7, 11) is 0. The largest absolute Gasteiger partial charge is 0.458 e. The number of benzene rings is 2. The van der Waals surface area contributed by atoms with Gasteiger partial charge in [-0.1, -0.05) is 60.7 Å². The average molecular weight is 282 g/mol. The van der Waals surface area contributed by atoms with E-state index in [1.807, 2.05) is 60.7 Å². The highest BCUT2D eigenvalue weighted by molar-refractivity contribution is 5.79. The van der Waals surface area contributed by atoms with Gasteiger partial charge in [-0.2, -0.15) is 0 Å². The molecule has 0 radical (unpaired) electrons. The van der Waals surface area contributed by atoms with Crippen LogP contribution in [0.3, 0.4) is 0 Å². The van der Waals surface area contributed by atoms with Crippen LogP contribution < -0.4 is 0 Å². The predicted molar refractivity (Wildman–Crippen MR) is 81.0 cm³/mol. The van der Waals surface area contributed by atoms with Crippen LogP contribution in [-0.4, -0.2) is 18.9 Å². The molecule has 2 rings (SSSR count). The molecule has 0 fully saturated rings. The van der Waals surface area contributed by atoms with Crippen LogP contribution in [0.15, 0.2) is 60.7 Å². The second kappa shape index (κ2) is 8.00. The fourth-order valence-corrected chi connectivity index (χ4v) is 2.28. The monoisotopic (exact) mass is 282 g/mol. The van der Waals surface area contributed by atoms with Crippen LogP contribution in [0.4, 0.5) is 0 Å². The molecule has 3 nitrogen and oxygen atoms in total. The Morgan fingerprint density at radius 1 is 1.00 bits per heavy atom. The number of ether oxygens (including phenoxy) is 1. The van der Waals surface area contributed by atoms with Gasteiger partial charge in [-0.3, -0.25) is 9.59 Å². The van der Waals surface area contributed by atoms with Crippen LogP contribution in [0.1, 0.15) is 23.5 Å². The van der Waals surface area contributed by atoms with E-state index in [1.54, 1.807) is 0 Å². The third kappa shape index (κ3) is 4.56. The molecule has 0 aliphatic carbocycles. The summed E-state index contributed by atoms with van der Waals surface area (Å²) in [5.41, 5.74) is 2.10. The molecule has 0 bridgehead atoms. The number of carbonyl (C=O) groups is 2. The number of aryl methyl sites for hydroxylation is 1. The van der Waals surface area contributed by atoms with E-state index in [2.05, 4.69) is 0 Å². The maximum absolute atomic E-state index is 12.1. The average Bonchev–Trinajstić information content (AvgIpc) is 2.55. The maximum Gasteiger partial charge on any atom is 0.313 e. The van der Waals surface area contributed by atoms with Gasteiger partial charge in [0.05, 0.1) is 5.92 Å². The number of hydrogen-bond acceptors (Lipinski definition) is 3. The number of aldehydes is 1. The van der Waals surface area contributed by atoms with Crippen LogP contribution in [0.25, 0.3) is 0 Å². The second-order valence-electron chi connectivity index (χ2n) is 4.78. The van der Waals surface area contributed by atoms with Gasteiger partial charge in [0.1, 0.15) is 6.61 Å². The third-order valence-electron chi connectivity index (χ3n) is 3.34. The molecule has 3 heteroatoms. The second-order valence-corrected chi connectivity index (χ2v) is 4.78. The van der Waals surface area contributed by atoms with Crippen molar-refractivity contribution in [3.8, 4) is 0 Å². The first kappa shape index (κ1) is 15.0. The molecule has 1 atom stereocenters. The van der Waals surface area contributed by atoms with Gasteiger partial charge in [0.15, 0.2) is 6.29 Å². The minimum absolute atomic E-state index is 0.187. The Morgan fingerprint density at radius 2 is 1.62 bits per heavy atom. The van der Waals surface area contributed by atoms with Crippen molar-refractivity contribution in [1.82, 2.24) is 0 Å². The molecular weight excluding hydrogens is 264 g/mol. The summed E-state index contributed by atoms with van der Waals surface area (Å²) in [6.07, 6.45) is 2.04. The highest BCUT2D eigenvalue weighted by Gasteiger charge is 2.21. The van der Waals surface area contributed by atoms with Gasteiger partial charge in [-0.05, 0) is 24.0 Å². The highest BCUT2D eigenvalue weighted by Crippen LogP contribution is 2.23. The van der Waals surface area contributed by atoms with E-state index >= 15 is 0 Å². The van der Waals surface area contributed by atoms with Gasteiger partial charge in [0.25, 0.3) is 0 Å². The Balaban J connectivity index is 2.08. The smallest absolute Gasteiger partial charge is 0.313 e. The van der Waals surface area contributed by atoms with Crippen molar-refractivity contribution in [3.63, 3.8) is 0 Å². The number of esters is 1. The fourth-order valence-electron chi connectivity index (χ4n) is 2.28. The predicted octanol–water partition coefficient (Wildman–Crippen LogP) is 3.15. The van der Waals surface area contributed by atoms with Gasteiger partial charge in [-0.15, -0.1) is 0 Å². The fraction of sp³-hybridized carbons (Fsp3) is 0.222. The molecule has 0 saturated heterocycles. The molecule has 21 heavy (non-hydrogen) atoms. The van der Waals surface area contributed by atoms with Gasteiger partial charge in [-0.25, -0.2) is 0 Å². The zero-order chi connectivity index (χ0) is 14.9. The molecule has 0 aliphatic heterocycles. The van der Waals surface area contributed by atoms with E-state index in [0.717, 1.165) is 12.0 Å². The van der Waals surface area contributed by atoms with Gasteiger partial charge < -0.3 is 4.74 Å². The Bertz CT molecular complexity index is 564. The Hall–Kier alpha value is -2.42. The molecule has 0 amide bonds. The van der Waals surface area contributed by atoms with E-state index in [9.17, 15) is 9.59 Å². The summed E-state index contributed by atoms with van der Waals surface area (Å²) in [5.74, 6) is -0.685. The van der Waals surface area contributed by atoms with Crippen LogP contribution in [0, 0.1) is 0 Å². The van der Waals surface area contributed by atoms with Gasteiger partial charge >= 0.3 is 5.97 Å². The van der Waals surface area contributed by atoms with E-state index in [1.165, 1.54) is 5.56 Å². The lowest BCUT2D eigenvalue weighted by Crippen LogP contribution is -2.18. The van der Waals surface area contributed by atoms with Crippen molar-refractivity contribution in [1.29, 1.82) is 0 Å². The van der Waals surface area contributed by atoms with Crippen LogP contribution in [0.5, 0.6) is 0 Å². The lowest BCUT2D eigenvalue weighted by Gasteiger charge is -2.15. The summed E-state index contributed by atoms with van der Waals surface area (Å²) >= 11 is 0. The van der Waals surface area contributed by atoms with Crippen LogP contribution in [0.2, 0.25) is 0 Å². The maximum atomic E-state index is 12.1. The van der Waals surface area contributed by atoms with Crippen molar-refractivity contribution in [2.75, 3.05) is 6.61 Å². The molecule has 1 unspecified atom stereocenters. The number of rotatable bonds is 7. The molecule has 0 heterocycles. The topological polar surface area (TPSA) is 43.4 Å². The van der Waals surface area contributed by atoms with Crippen LogP contribution in [-0.2, 0) is 20.7 Å². The van der Waals surface area contributed by atoms with E-state index in [4.69, 9.17) is 4.74 Å². The third-order valence-corrected chi connectivity index (χ3v) is 3.34. The summed E-state index contributed by atoms with van der Waals surface area (Å²) in [6, 6.07) is 19.6. The summed E-state index contributed by atoms with van der Waals surface area (Å²) in [4.78, 5) is 22.5. The minimum atomic E-state index is -0.343. The summed E-state index contributed by atoms with van der Waals surface area (Å²) in [6.45, 7) is -0.187. The molecule has 0 saturated carbocycles. The number of carbonyl (C=O) groups excluding carboxylic acids is 2. The quantitative estimate of drug-likeness (QED) is 0.579. The zero-order valence-corrected chi connectivity index (χ0v) is 11.8. The van der Waals surface area contributed by atoms with Gasteiger partial charge in [0, 0.05) is 0 Å². The standard InChI is InChI=1S/C18H18O3/c19-13-14-21-18(20)17(16-9-5-2-6-10-16)12-11-15-7-3-1-4-8-15/h1-10,13,17H,11-12,14H2. The van der Waals surface area contributed by atoms with E-state index in [0.29, 0.717) is 12.7 Å². The first-order valence-electron chi connectivity index (χ1n) is 7.00. The molecule has 0 aliphatic rings. The molecule has 2 aromatic carbocycles. The molecular formula is C18H18O3. The SMILES string of the molecule is O=CCOC(=O)C(CCc1ccccc1)c1ccccc1. The van der Waals surface area contributed by atoms with Crippen molar-refractivity contribution in [3.05, 3.63) is 71.8 Å². The summed E-state index contributed by atoms with van der Waals surface area (Å²) < 4.78 is 4.99. The number of hydrogen-bond donors (Lipinski definition) is 0. The van der Waals surface area contributed by atoms with Crippen molar-refractivity contribution in [2.45, 2.75) is 18.8 Å². The lowest BCUT2D eigenvalue weighted by atomic mass is 9.92. The Labute approximate surface area is 124 Å². The Kier molecular flexibility index (Phi) is 5.71. The minimum Gasteiger partial charge on any atom is -0.458 e. The molecule has 0 aromatic heterocycles. The summed E-state index contributed by atoms with van der Waals surface area (Å²) in [5, 5.41) is 0. The Morgan fingerprint density at radius 3 is 2.24 bits per heavy atom. The van der Waals surface area contributed by atoms with E-state index < -0.39 is 0 Å². The lowest BCUT2D eigenvalue weighted by molar-refractivity contribution is -0.147. The molecule has 108 valence electrons. The van der Waals surface area contributed by atoms with Crippen LogP contribution >= 0.6 is 0 Å². The highest BCUT2D eigenvalue weighted by atomic mass is 16.5. The molecule has 0 N–H and O–H groups in total. The molecule has 2 aromatic rings. The first-order chi connectivity index (χ1) is 10.3.